The lowest BCUT2D eigenvalue weighted by Crippen LogP contribution is -2.48. The summed E-state index contributed by atoms with van der Waals surface area (Å²) in [5.41, 5.74) is 0. The van der Waals surface area contributed by atoms with Crippen molar-refractivity contribution in [1.29, 1.82) is 0 Å². The zero-order chi connectivity index (χ0) is 13.0. The molecule has 1 aliphatic heterocycles. The van der Waals surface area contributed by atoms with Gasteiger partial charge in [-0.1, -0.05) is 12.8 Å². The van der Waals surface area contributed by atoms with Crippen molar-refractivity contribution in [2.45, 2.75) is 44.6 Å². The second-order valence-electron chi connectivity index (χ2n) is 5.26. The summed E-state index contributed by atoms with van der Waals surface area (Å²) >= 11 is 0. The largest absolute Gasteiger partial charge is 0.481 e. The van der Waals surface area contributed by atoms with Gasteiger partial charge in [0.05, 0.1) is 18.4 Å². The molecule has 2 rings (SSSR count). The zero-order valence-electron chi connectivity index (χ0n) is 10.6. The Morgan fingerprint density at radius 1 is 1.11 bits per heavy atom. The topological polar surface area (TPSA) is 75.6 Å². The highest BCUT2D eigenvalue weighted by Gasteiger charge is 2.33. The number of hydrogen-bond donors (Lipinski definition) is 2. The van der Waals surface area contributed by atoms with E-state index in [4.69, 9.17) is 9.84 Å². The first-order chi connectivity index (χ1) is 8.68. The molecule has 5 nitrogen and oxygen atoms in total. The fourth-order valence-electron chi connectivity index (χ4n) is 2.85. The molecule has 0 aromatic carbocycles. The molecule has 0 radical (unpaired) electrons. The summed E-state index contributed by atoms with van der Waals surface area (Å²) < 4.78 is 5.29. The predicted octanol–water partition coefficient (Wildman–Crippen LogP) is 1.17. The molecule has 1 saturated heterocycles. The number of ether oxygens (including phenoxy) is 1. The third-order valence-corrected chi connectivity index (χ3v) is 3.94. The molecule has 0 aromatic heterocycles. The van der Waals surface area contributed by atoms with Crippen LogP contribution in [0.15, 0.2) is 0 Å². The van der Waals surface area contributed by atoms with Gasteiger partial charge in [-0.25, -0.2) is 0 Å². The Hall–Kier alpha value is -1.10. The molecule has 3 atom stereocenters. The quantitative estimate of drug-likeness (QED) is 0.794. The first-order valence-electron chi connectivity index (χ1n) is 6.79. The van der Waals surface area contributed by atoms with Gasteiger partial charge in [-0.3, -0.25) is 9.59 Å². The van der Waals surface area contributed by atoms with E-state index in [1.54, 1.807) is 0 Å². The monoisotopic (exact) mass is 255 g/mol. The van der Waals surface area contributed by atoms with E-state index >= 15 is 0 Å². The second kappa shape index (κ2) is 6.18. The molecule has 2 aliphatic rings. The average Bonchev–Trinajstić information content (AvgIpc) is 2.40. The minimum absolute atomic E-state index is 0.0344. The summed E-state index contributed by atoms with van der Waals surface area (Å²) in [5, 5.41) is 12.1. The third kappa shape index (κ3) is 3.22. The van der Waals surface area contributed by atoms with Gasteiger partial charge in [-0.05, 0) is 25.7 Å². The van der Waals surface area contributed by atoms with Gasteiger partial charge in [0.2, 0.25) is 5.91 Å². The van der Waals surface area contributed by atoms with Crippen molar-refractivity contribution in [3.8, 4) is 0 Å². The fraction of sp³-hybridized carbons (Fsp3) is 0.846. The van der Waals surface area contributed by atoms with Gasteiger partial charge in [-0.15, -0.1) is 0 Å². The van der Waals surface area contributed by atoms with Crippen LogP contribution >= 0.6 is 0 Å². The van der Waals surface area contributed by atoms with Crippen LogP contribution in [0.2, 0.25) is 0 Å². The Bertz CT molecular complexity index is 312. The van der Waals surface area contributed by atoms with Gasteiger partial charge in [0.15, 0.2) is 0 Å². The molecule has 1 heterocycles. The van der Waals surface area contributed by atoms with E-state index < -0.39 is 11.9 Å². The molecule has 0 spiro atoms. The summed E-state index contributed by atoms with van der Waals surface area (Å²) in [5.74, 6) is -1.35. The number of aliphatic carboxylic acids is 1. The molecule has 2 fully saturated rings. The maximum absolute atomic E-state index is 12.1. The van der Waals surface area contributed by atoms with Crippen molar-refractivity contribution in [3.63, 3.8) is 0 Å². The number of amides is 1. The van der Waals surface area contributed by atoms with Crippen LogP contribution in [0.3, 0.4) is 0 Å². The number of carbonyl (C=O) groups is 2. The van der Waals surface area contributed by atoms with Crippen molar-refractivity contribution in [3.05, 3.63) is 0 Å². The Labute approximate surface area is 107 Å². The molecule has 1 amide bonds. The molecular weight excluding hydrogens is 234 g/mol. The van der Waals surface area contributed by atoms with Crippen LogP contribution in [0, 0.1) is 11.8 Å². The number of carboxylic acid groups (broad SMARTS) is 1. The Morgan fingerprint density at radius 2 is 1.89 bits per heavy atom. The number of hydrogen-bond acceptors (Lipinski definition) is 3. The lowest BCUT2D eigenvalue weighted by Gasteiger charge is -2.31. The average molecular weight is 255 g/mol. The third-order valence-electron chi connectivity index (χ3n) is 3.94. The highest BCUT2D eigenvalue weighted by molar-refractivity contribution is 5.80. The van der Waals surface area contributed by atoms with Crippen LogP contribution < -0.4 is 5.32 Å². The highest BCUT2D eigenvalue weighted by atomic mass is 16.5. The SMILES string of the molecule is O=C(NC1CCCCC1C(=O)O)C1CCCOC1. The van der Waals surface area contributed by atoms with Crippen molar-refractivity contribution in [2.24, 2.45) is 11.8 Å². The van der Waals surface area contributed by atoms with Crippen LogP contribution in [0.25, 0.3) is 0 Å². The van der Waals surface area contributed by atoms with Crippen molar-refractivity contribution in [2.75, 3.05) is 13.2 Å². The number of carbonyl (C=O) groups excluding carboxylic acids is 1. The molecule has 2 N–H and O–H groups in total. The highest BCUT2D eigenvalue weighted by Crippen LogP contribution is 2.25. The zero-order valence-corrected chi connectivity index (χ0v) is 10.6. The van der Waals surface area contributed by atoms with Gasteiger partial charge < -0.3 is 15.2 Å². The molecule has 3 unspecified atom stereocenters. The van der Waals surface area contributed by atoms with Crippen molar-refractivity contribution < 1.29 is 19.4 Å². The minimum Gasteiger partial charge on any atom is -0.481 e. The Morgan fingerprint density at radius 3 is 2.56 bits per heavy atom. The van der Waals surface area contributed by atoms with Crippen LogP contribution in [0.1, 0.15) is 38.5 Å². The van der Waals surface area contributed by atoms with E-state index in [1.165, 1.54) is 0 Å². The van der Waals surface area contributed by atoms with Gasteiger partial charge in [-0.2, -0.15) is 0 Å². The molecular formula is C13H21NO4. The van der Waals surface area contributed by atoms with Crippen molar-refractivity contribution in [1.82, 2.24) is 5.32 Å². The van der Waals surface area contributed by atoms with E-state index in [1.807, 2.05) is 0 Å². The van der Waals surface area contributed by atoms with E-state index in [-0.39, 0.29) is 17.9 Å². The van der Waals surface area contributed by atoms with Gasteiger partial charge in [0.25, 0.3) is 0 Å². The Balaban J connectivity index is 1.89. The molecule has 1 saturated carbocycles. The van der Waals surface area contributed by atoms with E-state index in [0.717, 1.165) is 38.7 Å². The first-order valence-corrected chi connectivity index (χ1v) is 6.79. The normalized spacial score (nSPS) is 32.8. The van der Waals surface area contributed by atoms with E-state index in [0.29, 0.717) is 13.0 Å². The standard InChI is InChI=1S/C13H21NO4/c15-12(9-4-3-7-18-8-9)14-11-6-2-1-5-10(11)13(16)17/h9-11H,1-8H2,(H,14,15)(H,16,17). The van der Waals surface area contributed by atoms with E-state index in [2.05, 4.69) is 5.32 Å². The lowest BCUT2D eigenvalue weighted by molar-refractivity contribution is -0.144. The lowest BCUT2D eigenvalue weighted by atomic mass is 9.84. The van der Waals surface area contributed by atoms with Crippen LogP contribution in [-0.4, -0.2) is 36.2 Å². The summed E-state index contributed by atoms with van der Waals surface area (Å²) in [4.78, 5) is 23.2. The van der Waals surface area contributed by atoms with Crippen LogP contribution in [0.5, 0.6) is 0 Å². The van der Waals surface area contributed by atoms with Crippen LogP contribution in [0.4, 0.5) is 0 Å². The fourth-order valence-corrected chi connectivity index (χ4v) is 2.85. The summed E-state index contributed by atoms with van der Waals surface area (Å²) in [7, 11) is 0. The summed E-state index contributed by atoms with van der Waals surface area (Å²) in [6.07, 6.45) is 5.13. The van der Waals surface area contributed by atoms with Gasteiger partial charge >= 0.3 is 5.97 Å². The van der Waals surface area contributed by atoms with E-state index in [9.17, 15) is 9.59 Å². The molecule has 18 heavy (non-hydrogen) atoms. The number of carboxylic acids is 1. The van der Waals surface area contributed by atoms with Crippen molar-refractivity contribution >= 4 is 11.9 Å². The summed E-state index contributed by atoms with van der Waals surface area (Å²) in [6, 6.07) is -0.203. The molecule has 0 aromatic rings. The molecule has 5 heteroatoms. The predicted molar refractivity (Wildman–Crippen MR) is 65.1 cm³/mol. The molecule has 102 valence electrons. The maximum Gasteiger partial charge on any atom is 0.308 e. The minimum atomic E-state index is -0.792. The molecule has 1 aliphatic carbocycles. The van der Waals surface area contributed by atoms with Crippen LogP contribution in [-0.2, 0) is 14.3 Å². The Kier molecular flexibility index (Phi) is 4.58. The van der Waals surface area contributed by atoms with Gasteiger partial charge in [0.1, 0.15) is 0 Å². The summed E-state index contributed by atoms with van der Waals surface area (Å²) in [6.45, 7) is 1.20. The number of nitrogens with one attached hydrogen (secondary N) is 1. The molecule has 0 bridgehead atoms. The smallest absolute Gasteiger partial charge is 0.308 e. The van der Waals surface area contributed by atoms with Gasteiger partial charge in [0, 0.05) is 12.6 Å². The maximum atomic E-state index is 12.1. The first kappa shape index (κ1) is 13.3. The second-order valence-corrected chi connectivity index (χ2v) is 5.26. The number of rotatable bonds is 3.